The first-order chi connectivity index (χ1) is 9.32. The number of methoxy groups -OCH3 is 1. The summed E-state index contributed by atoms with van der Waals surface area (Å²) in [5.74, 6) is -0.260. The molecule has 0 aromatic heterocycles. The molecule has 1 N–H and O–H groups in total. The number of rotatable bonds is 6. The summed E-state index contributed by atoms with van der Waals surface area (Å²) in [7, 11) is -1.94. The molecule has 1 aliphatic rings. The Morgan fingerprint density at radius 1 is 1.45 bits per heavy atom. The fraction of sp³-hybridized carbons (Fsp3) is 0.500. The quantitative estimate of drug-likeness (QED) is 0.869. The second-order valence-corrected chi connectivity index (χ2v) is 7.21. The van der Waals surface area contributed by atoms with Crippen molar-refractivity contribution in [2.24, 2.45) is 5.92 Å². The number of sulfone groups is 1. The van der Waals surface area contributed by atoms with Crippen molar-refractivity contribution < 1.29 is 23.1 Å². The van der Waals surface area contributed by atoms with Crippen LogP contribution >= 0.6 is 0 Å². The fourth-order valence-corrected chi connectivity index (χ4v) is 3.29. The summed E-state index contributed by atoms with van der Waals surface area (Å²) in [6, 6.07) is 4.86. The van der Waals surface area contributed by atoms with Gasteiger partial charge in [0.05, 0.1) is 13.5 Å². The van der Waals surface area contributed by atoms with Gasteiger partial charge in [-0.1, -0.05) is 6.07 Å². The number of benzene rings is 1. The first kappa shape index (κ1) is 14.8. The first-order valence-electron chi connectivity index (χ1n) is 6.42. The second kappa shape index (κ2) is 5.44. The van der Waals surface area contributed by atoms with Crippen molar-refractivity contribution in [1.29, 1.82) is 0 Å². The number of aliphatic carboxylic acids is 1. The lowest BCUT2D eigenvalue weighted by molar-refractivity contribution is -0.137. The van der Waals surface area contributed by atoms with E-state index >= 15 is 0 Å². The van der Waals surface area contributed by atoms with E-state index in [9.17, 15) is 13.2 Å². The normalized spacial score (nSPS) is 16.7. The molecule has 0 bridgehead atoms. The molecular formula is C14H18O5S. The van der Waals surface area contributed by atoms with Crippen LogP contribution in [0.15, 0.2) is 23.1 Å². The van der Waals surface area contributed by atoms with Gasteiger partial charge in [0.2, 0.25) is 0 Å². The van der Waals surface area contributed by atoms with Gasteiger partial charge in [0.15, 0.2) is 9.84 Å². The van der Waals surface area contributed by atoms with Crippen molar-refractivity contribution in [2.75, 3.05) is 13.4 Å². The highest BCUT2D eigenvalue weighted by atomic mass is 32.2. The largest absolute Gasteiger partial charge is 0.495 e. The molecule has 110 valence electrons. The van der Waals surface area contributed by atoms with Crippen molar-refractivity contribution in [2.45, 2.75) is 30.1 Å². The van der Waals surface area contributed by atoms with Gasteiger partial charge in [-0.25, -0.2) is 8.42 Å². The molecule has 5 nitrogen and oxygen atoms in total. The van der Waals surface area contributed by atoms with E-state index in [0.29, 0.717) is 5.92 Å². The standard InChI is InChI=1S/C14H18O5S/c1-19-12-7-10(5-6-13(12)20(2,17)18)11(8-14(15)16)9-3-4-9/h5-7,9,11H,3-4,8H2,1-2H3,(H,15,16). The zero-order valence-corrected chi connectivity index (χ0v) is 12.3. The Labute approximate surface area is 118 Å². The van der Waals surface area contributed by atoms with Crippen molar-refractivity contribution >= 4 is 15.8 Å². The molecule has 2 rings (SSSR count). The van der Waals surface area contributed by atoms with Crippen LogP contribution in [0.25, 0.3) is 0 Å². The number of hydrogen-bond donors (Lipinski definition) is 1. The maximum absolute atomic E-state index is 11.6. The predicted octanol–water partition coefficient (Wildman–Crippen LogP) is 2.07. The van der Waals surface area contributed by atoms with Crippen LogP contribution in [-0.2, 0) is 14.6 Å². The Balaban J connectivity index is 2.39. The highest BCUT2D eigenvalue weighted by Gasteiger charge is 2.34. The van der Waals surface area contributed by atoms with E-state index < -0.39 is 15.8 Å². The lowest BCUT2D eigenvalue weighted by Gasteiger charge is -2.16. The van der Waals surface area contributed by atoms with Gasteiger partial charge in [0, 0.05) is 6.26 Å². The minimum atomic E-state index is -3.36. The molecule has 0 amide bonds. The molecule has 1 aromatic carbocycles. The highest BCUT2D eigenvalue weighted by molar-refractivity contribution is 7.90. The topological polar surface area (TPSA) is 80.7 Å². The van der Waals surface area contributed by atoms with Crippen molar-refractivity contribution in [3.8, 4) is 5.75 Å². The van der Waals surface area contributed by atoms with E-state index in [2.05, 4.69) is 0 Å². The second-order valence-electron chi connectivity index (χ2n) is 5.22. The Kier molecular flexibility index (Phi) is 4.04. The third-order valence-corrected chi connectivity index (χ3v) is 4.74. The highest BCUT2D eigenvalue weighted by Crippen LogP contribution is 2.45. The molecule has 0 heterocycles. The average molecular weight is 298 g/mol. The zero-order chi connectivity index (χ0) is 14.9. The summed E-state index contributed by atoms with van der Waals surface area (Å²) in [4.78, 5) is 11.1. The molecule has 0 radical (unpaired) electrons. The van der Waals surface area contributed by atoms with E-state index in [1.165, 1.54) is 13.2 Å². The molecule has 0 spiro atoms. The van der Waals surface area contributed by atoms with E-state index in [1.54, 1.807) is 12.1 Å². The number of carbonyl (C=O) groups is 1. The molecule has 20 heavy (non-hydrogen) atoms. The lowest BCUT2D eigenvalue weighted by atomic mass is 9.91. The van der Waals surface area contributed by atoms with E-state index in [1.807, 2.05) is 0 Å². The fourth-order valence-electron chi connectivity index (χ4n) is 2.46. The van der Waals surface area contributed by atoms with Gasteiger partial charge in [0.25, 0.3) is 0 Å². The maximum atomic E-state index is 11.6. The van der Waals surface area contributed by atoms with Crippen molar-refractivity contribution in [1.82, 2.24) is 0 Å². The minimum absolute atomic E-state index is 0.0616. The number of hydrogen-bond acceptors (Lipinski definition) is 4. The number of carboxylic acids is 1. The average Bonchev–Trinajstić information content (AvgIpc) is 3.18. The summed E-state index contributed by atoms with van der Waals surface area (Å²) in [6.45, 7) is 0. The molecular weight excluding hydrogens is 280 g/mol. The van der Waals surface area contributed by atoms with E-state index in [0.717, 1.165) is 24.7 Å². The Morgan fingerprint density at radius 3 is 2.55 bits per heavy atom. The van der Waals surface area contributed by atoms with Crippen molar-refractivity contribution in [3.05, 3.63) is 23.8 Å². The van der Waals surface area contributed by atoms with Gasteiger partial charge >= 0.3 is 5.97 Å². The van der Waals surface area contributed by atoms with E-state index in [4.69, 9.17) is 9.84 Å². The van der Waals surface area contributed by atoms with Gasteiger partial charge in [0.1, 0.15) is 10.6 Å². The molecule has 0 saturated heterocycles. The number of ether oxygens (including phenoxy) is 1. The number of carboxylic acid groups (broad SMARTS) is 1. The van der Waals surface area contributed by atoms with Crippen LogP contribution in [0.1, 0.15) is 30.7 Å². The summed E-state index contributed by atoms with van der Waals surface area (Å²) >= 11 is 0. The van der Waals surface area contributed by atoms with Gasteiger partial charge in [-0.2, -0.15) is 0 Å². The Morgan fingerprint density at radius 2 is 2.10 bits per heavy atom. The van der Waals surface area contributed by atoms with E-state index in [-0.39, 0.29) is 23.0 Å². The van der Waals surface area contributed by atoms with Gasteiger partial charge < -0.3 is 9.84 Å². The summed E-state index contributed by atoms with van der Waals surface area (Å²) < 4.78 is 28.4. The van der Waals surface area contributed by atoms with Gasteiger partial charge in [-0.3, -0.25) is 4.79 Å². The van der Waals surface area contributed by atoms with Crippen LogP contribution in [-0.4, -0.2) is 32.9 Å². The van der Waals surface area contributed by atoms with Gasteiger partial charge in [-0.05, 0) is 42.4 Å². The summed E-state index contributed by atoms with van der Waals surface area (Å²) in [5.41, 5.74) is 0.833. The third kappa shape index (κ3) is 3.30. The summed E-state index contributed by atoms with van der Waals surface area (Å²) in [5, 5.41) is 9.01. The van der Waals surface area contributed by atoms with Crippen LogP contribution in [0, 0.1) is 5.92 Å². The molecule has 1 unspecified atom stereocenters. The molecule has 6 heteroatoms. The van der Waals surface area contributed by atoms with Crippen LogP contribution in [0.3, 0.4) is 0 Å². The Bertz CT molecular complexity index is 616. The zero-order valence-electron chi connectivity index (χ0n) is 11.5. The maximum Gasteiger partial charge on any atom is 0.303 e. The smallest absolute Gasteiger partial charge is 0.303 e. The lowest BCUT2D eigenvalue weighted by Crippen LogP contribution is -2.09. The first-order valence-corrected chi connectivity index (χ1v) is 8.32. The van der Waals surface area contributed by atoms with Gasteiger partial charge in [-0.15, -0.1) is 0 Å². The molecule has 1 fully saturated rings. The molecule has 1 aromatic rings. The van der Waals surface area contributed by atoms with Crippen LogP contribution in [0.4, 0.5) is 0 Å². The Hall–Kier alpha value is -1.56. The van der Waals surface area contributed by atoms with Crippen LogP contribution in [0.2, 0.25) is 0 Å². The molecule has 1 aliphatic carbocycles. The predicted molar refractivity (Wildman–Crippen MR) is 73.8 cm³/mol. The summed E-state index contributed by atoms with van der Waals surface area (Å²) in [6.07, 6.45) is 3.23. The SMILES string of the molecule is COc1cc(C(CC(=O)O)C2CC2)ccc1S(C)(=O)=O. The molecule has 0 aliphatic heterocycles. The molecule has 1 atom stereocenters. The van der Waals surface area contributed by atoms with Crippen LogP contribution < -0.4 is 4.74 Å². The third-order valence-electron chi connectivity index (χ3n) is 3.60. The van der Waals surface area contributed by atoms with Crippen LogP contribution in [0.5, 0.6) is 5.75 Å². The monoisotopic (exact) mass is 298 g/mol. The molecule has 1 saturated carbocycles. The minimum Gasteiger partial charge on any atom is -0.495 e. The van der Waals surface area contributed by atoms with Crippen molar-refractivity contribution in [3.63, 3.8) is 0 Å².